The van der Waals surface area contributed by atoms with Crippen molar-refractivity contribution in [3.63, 3.8) is 0 Å². The Balaban J connectivity index is 1.60. The molecule has 1 fully saturated rings. The molecule has 1 N–H and O–H groups in total. The Morgan fingerprint density at radius 2 is 1.80 bits per heavy atom. The Bertz CT molecular complexity index is 1220. The molecule has 4 heteroatoms. The fraction of sp³-hybridized carbons (Fsp3) is 0.308. The standard InChI is InChI=1S/C26H24O4/c1-3-15-8-9-20-17(11-15)12-16-6-4-5-7-19(16)24(20)30-26(29)22-18-10-14(2)21(13-18)23(22)25(27)28/h4-12,18,21-23H,3,13H2,1-2H3,(H,27,28). The summed E-state index contributed by atoms with van der Waals surface area (Å²) >= 11 is 0. The number of aliphatic carboxylic acids is 1. The van der Waals surface area contributed by atoms with E-state index in [0.717, 1.165) is 40.0 Å². The van der Waals surface area contributed by atoms with Crippen LogP contribution >= 0.6 is 0 Å². The van der Waals surface area contributed by atoms with Crippen LogP contribution in [0.3, 0.4) is 0 Å². The molecule has 0 aliphatic heterocycles. The fourth-order valence-corrected chi connectivity index (χ4v) is 5.43. The smallest absolute Gasteiger partial charge is 0.315 e. The van der Waals surface area contributed by atoms with Crippen molar-refractivity contribution in [3.8, 4) is 5.75 Å². The van der Waals surface area contributed by atoms with Crippen LogP contribution in [0.1, 0.15) is 25.8 Å². The lowest BCUT2D eigenvalue weighted by molar-refractivity contribution is -0.152. The second-order valence-electron chi connectivity index (χ2n) is 8.56. The molecule has 2 bridgehead atoms. The molecule has 4 atom stereocenters. The zero-order valence-electron chi connectivity index (χ0n) is 17.1. The minimum Gasteiger partial charge on any atom is -0.481 e. The lowest BCUT2D eigenvalue weighted by atomic mass is 9.80. The van der Waals surface area contributed by atoms with E-state index in [0.29, 0.717) is 5.75 Å². The van der Waals surface area contributed by atoms with E-state index in [1.807, 2.05) is 37.3 Å². The highest BCUT2D eigenvalue weighted by atomic mass is 16.5. The van der Waals surface area contributed by atoms with Crippen LogP contribution in [0.25, 0.3) is 21.5 Å². The monoisotopic (exact) mass is 400 g/mol. The van der Waals surface area contributed by atoms with E-state index in [4.69, 9.17) is 4.74 Å². The van der Waals surface area contributed by atoms with Crippen molar-refractivity contribution in [2.45, 2.75) is 26.7 Å². The molecule has 2 aliphatic rings. The van der Waals surface area contributed by atoms with E-state index >= 15 is 0 Å². The molecule has 5 rings (SSSR count). The lowest BCUT2D eigenvalue weighted by Crippen LogP contribution is -2.36. The highest BCUT2D eigenvalue weighted by Crippen LogP contribution is 2.52. The molecule has 4 nitrogen and oxygen atoms in total. The highest BCUT2D eigenvalue weighted by molar-refractivity contribution is 6.07. The van der Waals surface area contributed by atoms with E-state index in [1.165, 1.54) is 5.56 Å². The van der Waals surface area contributed by atoms with Crippen molar-refractivity contribution in [3.05, 3.63) is 65.7 Å². The molecule has 30 heavy (non-hydrogen) atoms. The van der Waals surface area contributed by atoms with Crippen LogP contribution in [0.15, 0.2) is 60.2 Å². The lowest BCUT2D eigenvalue weighted by Gasteiger charge is -2.26. The number of esters is 1. The van der Waals surface area contributed by atoms with Crippen molar-refractivity contribution in [1.82, 2.24) is 0 Å². The van der Waals surface area contributed by atoms with Gasteiger partial charge in [0, 0.05) is 10.8 Å². The SMILES string of the molecule is CCc1ccc2c(OC(=O)C3C4C=C(C)C(C4)C3C(=O)O)c3ccccc3cc2c1. The van der Waals surface area contributed by atoms with Gasteiger partial charge in [-0.3, -0.25) is 9.59 Å². The molecule has 4 unspecified atom stereocenters. The fourth-order valence-electron chi connectivity index (χ4n) is 5.43. The number of allylic oxidation sites excluding steroid dienone is 2. The van der Waals surface area contributed by atoms with Crippen molar-refractivity contribution in [2.75, 3.05) is 0 Å². The summed E-state index contributed by atoms with van der Waals surface area (Å²) in [5.74, 6) is -2.29. The van der Waals surface area contributed by atoms with E-state index in [-0.39, 0.29) is 11.8 Å². The van der Waals surface area contributed by atoms with Crippen LogP contribution in [0.2, 0.25) is 0 Å². The van der Waals surface area contributed by atoms with Gasteiger partial charge in [-0.1, -0.05) is 61.0 Å². The molecule has 1 saturated carbocycles. The van der Waals surface area contributed by atoms with Crippen molar-refractivity contribution >= 4 is 33.5 Å². The summed E-state index contributed by atoms with van der Waals surface area (Å²) in [6.45, 7) is 4.07. The number of hydrogen-bond donors (Lipinski definition) is 1. The molecule has 2 aliphatic carbocycles. The third-order valence-electron chi connectivity index (χ3n) is 6.91. The predicted octanol–water partition coefficient (Wildman–Crippen LogP) is 5.37. The summed E-state index contributed by atoms with van der Waals surface area (Å²) in [5.41, 5.74) is 2.30. The van der Waals surface area contributed by atoms with Crippen LogP contribution in [0.5, 0.6) is 5.75 Å². The number of carboxylic acids is 1. The molecule has 152 valence electrons. The highest BCUT2D eigenvalue weighted by Gasteiger charge is 2.54. The summed E-state index contributed by atoms with van der Waals surface area (Å²) in [6, 6.07) is 16.1. The van der Waals surface area contributed by atoms with Gasteiger partial charge in [0.25, 0.3) is 0 Å². The van der Waals surface area contributed by atoms with Crippen LogP contribution in [0, 0.1) is 23.7 Å². The number of fused-ring (bicyclic) bond motifs is 4. The van der Waals surface area contributed by atoms with Gasteiger partial charge in [-0.2, -0.15) is 0 Å². The Morgan fingerprint density at radius 1 is 1.03 bits per heavy atom. The van der Waals surface area contributed by atoms with Crippen molar-refractivity contribution < 1.29 is 19.4 Å². The number of ether oxygens (including phenoxy) is 1. The third kappa shape index (κ3) is 2.82. The van der Waals surface area contributed by atoms with Gasteiger partial charge in [-0.05, 0) is 54.0 Å². The molecule has 3 aromatic rings. The zero-order chi connectivity index (χ0) is 21.0. The van der Waals surface area contributed by atoms with Crippen molar-refractivity contribution in [1.29, 1.82) is 0 Å². The Labute approximate surface area is 175 Å². The minimum atomic E-state index is -0.910. The van der Waals surface area contributed by atoms with Gasteiger partial charge in [-0.15, -0.1) is 0 Å². The number of benzene rings is 3. The number of hydrogen-bond acceptors (Lipinski definition) is 3. The normalized spacial score (nSPS) is 24.9. The number of aryl methyl sites for hydroxylation is 1. The van der Waals surface area contributed by atoms with Gasteiger partial charge < -0.3 is 9.84 Å². The maximum absolute atomic E-state index is 13.3. The van der Waals surface area contributed by atoms with Gasteiger partial charge in [0.1, 0.15) is 5.75 Å². The topological polar surface area (TPSA) is 63.6 Å². The maximum atomic E-state index is 13.3. The van der Waals surface area contributed by atoms with E-state index < -0.39 is 23.8 Å². The van der Waals surface area contributed by atoms with Gasteiger partial charge >= 0.3 is 11.9 Å². The molecule has 0 aromatic heterocycles. The summed E-state index contributed by atoms with van der Waals surface area (Å²) in [4.78, 5) is 25.3. The minimum absolute atomic E-state index is 0.0588. The molecule has 0 radical (unpaired) electrons. The number of carbonyl (C=O) groups is 2. The number of carbonyl (C=O) groups excluding carboxylic acids is 1. The predicted molar refractivity (Wildman–Crippen MR) is 116 cm³/mol. The summed E-state index contributed by atoms with van der Waals surface area (Å²) in [5, 5.41) is 13.6. The van der Waals surface area contributed by atoms with Crippen LogP contribution in [-0.4, -0.2) is 17.0 Å². The van der Waals surface area contributed by atoms with E-state index in [9.17, 15) is 14.7 Å². The Hall–Kier alpha value is -3.14. The summed E-state index contributed by atoms with van der Waals surface area (Å²) in [7, 11) is 0. The second-order valence-corrected chi connectivity index (χ2v) is 8.56. The molecule has 0 saturated heterocycles. The first-order chi connectivity index (χ1) is 14.5. The first-order valence-corrected chi connectivity index (χ1v) is 10.5. The maximum Gasteiger partial charge on any atom is 0.315 e. The molecule has 0 heterocycles. The third-order valence-corrected chi connectivity index (χ3v) is 6.91. The number of carboxylic acid groups (broad SMARTS) is 1. The van der Waals surface area contributed by atoms with Crippen LogP contribution in [-0.2, 0) is 16.0 Å². The van der Waals surface area contributed by atoms with Crippen molar-refractivity contribution in [2.24, 2.45) is 23.7 Å². The van der Waals surface area contributed by atoms with E-state index in [1.54, 1.807) is 0 Å². The van der Waals surface area contributed by atoms with Gasteiger partial charge in [-0.25, -0.2) is 0 Å². The molecular weight excluding hydrogens is 376 g/mol. The first kappa shape index (κ1) is 18.9. The molecular formula is C26H24O4. The quantitative estimate of drug-likeness (QED) is 0.277. The number of rotatable bonds is 4. The van der Waals surface area contributed by atoms with Crippen LogP contribution in [0.4, 0.5) is 0 Å². The first-order valence-electron chi connectivity index (χ1n) is 10.5. The van der Waals surface area contributed by atoms with Gasteiger partial charge in [0.2, 0.25) is 0 Å². The average Bonchev–Trinajstić information content (AvgIpc) is 3.30. The largest absolute Gasteiger partial charge is 0.481 e. The van der Waals surface area contributed by atoms with Gasteiger partial charge in [0.15, 0.2) is 0 Å². The Kier molecular flexibility index (Phi) is 4.39. The molecule has 0 amide bonds. The summed E-state index contributed by atoms with van der Waals surface area (Å²) in [6.07, 6.45) is 3.71. The molecule has 3 aromatic carbocycles. The zero-order valence-corrected chi connectivity index (χ0v) is 17.1. The van der Waals surface area contributed by atoms with E-state index in [2.05, 4.69) is 31.2 Å². The average molecular weight is 400 g/mol. The second kappa shape index (κ2) is 6.98. The Morgan fingerprint density at radius 3 is 2.57 bits per heavy atom. The van der Waals surface area contributed by atoms with Crippen LogP contribution < -0.4 is 4.74 Å². The molecule has 0 spiro atoms. The summed E-state index contributed by atoms with van der Waals surface area (Å²) < 4.78 is 6.04. The van der Waals surface area contributed by atoms with Gasteiger partial charge in [0.05, 0.1) is 11.8 Å².